The van der Waals surface area contributed by atoms with Crippen molar-refractivity contribution >= 4 is 58.3 Å². The number of rotatable bonds is 25. The number of carbonyl (C=O) groups excluding carboxylic acids is 5. The molecule has 0 aliphatic carbocycles. The third-order valence-corrected chi connectivity index (χ3v) is 8.19. The molecule has 5 amide bonds. The highest BCUT2D eigenvalue weighted by Gasteiger charge is 2.32. The number of hydrogen-bond donors (Lipinski definition) is 12. The van der Waals surface area contributed by atoms with Crippen LogP contribution < -0.4 is 49.9 Å². The Bertz CT molecular complexity index is 1610. The Kier molecular flexibility index (Phi) is 18.2. The Morgan fingerprint density at radius 1 is 0.717 bits per heavy atom. The average molecular weight is 746 g/mol. The van der Waals surface area contributed by atoms with Gasteiger partial charge in [-0.1, -0.05) is 18.2 Å². The minimum Gasteiger partial charge on any atom is -0.481 e. The molecule has 0 bridgehead atoms. The third kappa shape index (κ3) is 15.6. The Morgan fingerprint density at radius 3 is 1.89 bits per heavy atom. The molecule has 5 atom stereocenters. The van der Waals surface area contributed by atoms with Gasteiger partial charge in [0.25, 0.3) is 0 Å². The topological polar surface area (TPSA) is 366 Å². The molecule has 0 spiro atoms. The Balaban J connectivity index is 2.35. The maximum atomic E-state index is 13.9. The lowest BCUT2D eigenvalue weighted by Crippen LogP contribution is -2.59. The number of carbonyl (C=O) groups is 7. The Hall–Kier alpha value is -5.76. The van der Waals surface area contributed by atoms with Gasteiger partial charge in [-0.2, -0.15) is 0 Å². The molecule has 0 radical (unpaired) electrons. The van der Waals surface area contributed by atoms with E-state index in [1.54, 1.807) is 12.3 Å². The predicted molar refractivity (Wildman–Crippen MR) is 193 cm³/mol. The van der Waals surface area contributed by atoms with Gasteiger partial charge in [0.1, 0.15) is 24.2 Å². The zero-order valence-electron chi connectivity index (χ0n) is 29.3. The van der Waals surface area contributed by atoms with Crippen molar-refractivity contribution in [2.24, 2.45) is 33.7 Å². The number of carboxylic acid groups (broad SMARTS) is 2. The number of amides is 5. The second-order valence-corrected chi connectivity index (χ2v) is 12.4. The van der Waals surface area contributed by atoms with Crippen LogP contribution >= 0.6 is 0 Å². The van der Waals surface area contributed by atoms with Gasteiger partial charge in [0.2, 0.25) is 29.5 Å². The van der Waals surface area contributed by atoms with Gasteiger partial charge in [0.05, 0.1) is 6.04 Å². The van der Waals surface area contributed by atoms with Crippen molar-refractivity contribution in [3.63, 3.8) is 0 Å². The molecule has 17 N–H and O–H groups in total. The third-order valence-electron chi connectivity index (χ3n) is 8.19. The molecule has 292 valence electrons. The highest BCUT2D eigenvalue weighted by atomic mass is 16.4. The summed E-state index contributed by atoms with van der Waals surface area (Å²) < 4.78 is 0. The number of hydrogen-bond acceptors (Lipinski definition) is 10. The first-order valence-corrected chi connectivity index (χ1v) is 17.1. The van der Waals surface area contributed by atoms with Crippen LogP contribution in [0.2, 0.25) is 0 Å². The van der Waals surface area contributed by atoms with Gasteiger partial charge in [-0.05, 0) is 63.1 Å². The Labute approximate surface area is 305 Å². The monoisotopic (exact) mass is 745 g/mol. The molecular weight excluding hydrogens is 694 g/mol. The molecule has 0 saturated carbocycles. The predicted octanol–water partition coefficient (Wildman–Crippen LogP) is -2.63. The minimum absolute atomic E-state index is 0.0264. The van der Waals surface area contributed by atoms with Crippen molar-refractivity contribution in [1.82, 2.24) is 26.3 Å². The number of aromatic amines is 1. The molecule has 0 aliphatic heterocycles. The number of H-pyrrole nitrogens is 1. The van der Waals surface area contributed by atoms with Crippen molar-refractivity contribution in [3.05, 3.63) is 36.0 Å². The lowest BCUT2D eigenvalue weighted by molar-refractivity contribution is -0.143. The fourth-order valence-electron chi connectivity index (χ4n) is 5.32. The number of aromatic nitrogens is 1. The van der Waals surface area contributed by atoms with Crippen molar-refractivity contribution < 1.29 is 43.8 Å². The summed E-state index contributed by atoms with van der Waals surface area (Å²) in [6, 6.07) is 0.471. The lowest BCUT2D eigenvalue weighted by Gasteiger charge is -2.26. The summed E-state index contributed by atoms with van der Waals surface area (Å²) in [5, 5.41) is 29.5. The number of aliphatic carboxylic acids is 2. The molecule has 1 aromatic heterocycles. The van der Waals surface area contributed by atoms with E-state index < -0.39 is 84.5 Å². The molecule has 2 rings (SSSR count). The SMILES string of the molecule is NCCCC[C@H](NC(=O)[C@H](CCC(=O)O)NC(=O)[C@H](CCC(N)=O)NC(=O)[C@H](Cc1c[nH]c2ccccc12)NC(=O)[C@@H](N)CCCN=C(N)N)C(=O)O. The summed E-state index contributed by atoms with van der Waals surface area (Å²) in [4.78, 5) is 95.8. The summed E-state index contributed by atoms with van der Waals surface area (Å²) in [6.07, 6.45) is 1.30. The number of primary amides is 1. The fourth-order valence-corrected chi connectivity index (χ4v) is 5.32. The normalized spacial score (nSPS) is 13.8. The van der Waals surface area contributed by atoms with Crippen LogP contribution in [0, 0.1) is 0 Å². The first-order chi connectivity index (χ1) is 25.1. The second-order valence-electron chi connectivity index (χ2n) is 12.4. The van der Waals surface area contributed by atoms with Gasteiger partial charge in [-0.3, -0.25) is 33.8 Å². The van der Waals surface area contributed by atoms with Crippen LogP contribution in [0.5, 0.6) is 0 Å². The van der Waals surface area contributed by atoms with Crippen molar-refractivity contribution in [2.75, 3.05) is 13.1 Å². The van der Waals surface area contributed by atoms with Crippen LogP contribution in [-0.2, 0) is 40.0 Å². The number of para-hydroxylation sites is 1. The first kappa shape index (κ1) is 43.4. The molecule has 0 fully saturated rings. The summed E-state index contributed by atoms with van der Waals surface area (Å²) >= 11 is 0. The maximum absolute atomic E-state index is 13.9. The number of benzene rings is 1. The average Bonchev–Trinajstić information content (AvgIpc) is 3.51. The van der Waals surface area contributed by atoms with Crippen LogP contribution in [0.15, 0.2) is 35.5 Å². The number of unbranched alkanes of at least 4 members (excludes halogenated alkanes) is 1. The lowest BCUT2D eigenvalue weighted by atomic mass is 10.0. The molecule has 53 heavy (non-hydrogen) atoms. The fraction of sp³-hybridized carbons (Fsp3) is 0.515. The molecule has 2 aromatic rings. The van der Waals surface area contributed by atoms with Gasteiger partial charge in [-0.15, -0.1) is 0 Å². The van der Waals surface area contributed by atoms with Crippen molar-refractivity contribution in [2.45, 2.75) is 94.4 Å². The summed E-state index contributed by atoms with van der Waals surface area (Å²) in [5.74, 6) is -7.07. The second kappa shape index (κ2) is 22.2. The summed E-state index contributed by atoms with van der Waals surface area (Å²) in [6.45, 7) is 0.520. The van der Waals surface area contributed by atoms with Gasteiger partial charge in [-0.25, -0.2) is 4.79 Å². The largest absolute Gasteiger partial charge is 0.481 e. The Morgan fingerprint density at radius 2 is 1.30 bits per heavy atom. The van der Waals surface area contributed by atoms with E-state index in [1.807, 2.05) is 18.2 Å². The summed E-state index contributed by atoms with van der Waals surface area (Å²) in [7, 11) is 0. The molecule has 0 unspecified atom stereocenters. The number of nitrogens with one attached hydrogen (secondary N) is 5. The van der Waals surface area contributed by atoms with E-state index >= 15 is 0 Å². The number of nitrogens with zero attached hydrogens (tertiary/aromatic N) is 1. The maximum Gasteiger partial charge on any atom is 0.326 e. The smallest absolute Gasteiger partial charge is 0.326 e. The molecule has 20 heteroatoms. The van der Waals surface area contributed by atoms with E-state index in [9.17, 15) is 43.8 Å². The standard InChI is InChI=1S/C33H51N11O9/c34-14-4-3-9-24(32(52)53)43-30(50)23(11-13-27(46)47)41-29(49)22(10-12-26(36)45)42-31(51)25(16-18-17-40-21-8-2-1-6-19(18)21)44-28(48)20(35)7-5-15-39-33(37)38/h1-2,6,8,17,20,22-25,40H,3-5,7,9-16,34-35H2,(H2,36,45)(H,41,49)(H,42,51)(H,43,50)(H,44,48)(H,46,47)(H,52,53)(H4,37,38,39)/t20-,22-,23-,24-,25-/m0/s1. The molecule has 20 nitrogen and oxygen atoms in total. The van der Waals surface area contributed by atoms with Crippen LogP contribution in [0.1, 0.15) is 63.4 Å². The van der Waals surface area contributed by atoms with E-state index in [2.05, 4.69) is 31.2 Å². The molecule has 1 aromatic carbocycles. The van der Waals surface area contributed by atoms with E-state index in [0.29, 0.717) is 31.4 Å². The van der Waals surface area contributed by atoms with Gasteiger partial charge < -0.3 is 65.1 Å². The van der Waals surface area contributed by atoms with Crippen LogP contribution in [0.25, 0.3) is 10.9 Å². The molecular formula is C33H51N11O9. The molecule has 0 aliphatic rings. The highest BCUT2D eigenvalue weighted by molar-refractivity contribution is 5.96. The zero-order chi connectivity index (χ0) is 39.5. The zero-order valence-corrected chi connectivity index (χ0v) is 29.3. The van der Waals surface area contributed by atoms with Crippen molar-refractivity contribution in [1.29, 1.82) is 0 Å². The number of aliphatic imine (C=N–C) groups is 1. The van der Waals surface area contributed by atoms with E-state index in [-0.39, 0.29) is 44.6 Å². The number of guanidine groups is 1. The number of fused-ring (bicyclic) bond motifs is 1. The van der Waals surface area contributed by atoms with Crippen LogP contribution in [0.4, 0.5) is 0 Å². The van der Waals surface area contributed by atoms with Crippen LogP contribution in [-0.4, -0.2) is 106 Å². The van der Waals surface area contributed by atoms with Gasteiger partial charge >= 0.3 is 11.9 Å². The minimum atomic E-state index is -1.54. The van der Waals surface area contributed by atoms with Crippen LogP contribution in [0.3, 0.4) is 0 Å². The van der Waals surface area contributed by atoms with E-state index in [1.165, 1.54) is 0 Å². The van der Waals surface area contributed by atoms with Gasteiger partial charge in [0.15, 0.2) is 5.96 Å². The number of carboxylic acids is 2. The summed E-state index contributed by atoms with van der Waals surface area (Å²) in [5.41, 5.74) is 29.0. The number of nitrogens with two attached hydrogens (primary N) is 5. The molecule has 0 saturated heterocycles. The van der Waals surface area contributed by atoms with Gasteiger partial charge in [0, 0.05) is 42.9 Å². The van der Waals surface area contributed by atoms with E-state index in [4.69, 9.17) is 28.7 Å². The van der Waals surface area contributed by atoms with E-state index in [0.717, 1.165) is 10.9 Å². The highest BCUT2D eigenvalue weighted by Crippen LogP contribution is 2.19. The molecule has 1 heterocycles. The van der Waals surface area contributed by atoms with Crippen molar-refractivity contribution in [3.8, 4) is 0 Å². The quantitative estimate of drug-likeness (QED) is 0.0282. The first-order valence-electron chi connectivity index (χ1n) is 17.1.